The summed E-state index contributed by atoms with van der Waals surface area (Å²) >= 11 is 0. The van der Waals surface area contributed by atoms with Gasteiger partial charge >= 0.3 is 6.18 Å². The van der Waals surface area contributed by atoms with Gasteiger partial charge < -0.3 is 5.32 Å². The Morgan fingerprint density at radius 3 is 2.50 bits per heavy atom. The van der Waals surface area contributed by atoms with Crippen LogP contribution >= 0.6 is 0 Å². The lowest BCUT2D eigenvalue weighted by molar-refractivity contribution is -0.143. The first-order valence-corrected chi connectivity index (χ1v) is 5.77. The first kappa shape index (κ1) is 14.1. The number of aryl methyl sites for hydroxylation is 2. The maximum absolute atomic E-state index is 12.6. The molecule has 2 aromatic rings. The quantitative estimate of drug-likeness (QED) is 0.921. The number of benzene rings is 1. The number of rotatable bonds is 2. The van der Waals surface area contributed by atoms with Crippen LogP contribution < -0.4 is 5.32 Å². The number of halogens is 3. The average Bonchev–Trinajstić information content (AvgIpc) is 2.74. The number of anilines is 1. The van der Waals surface area contributed by atoms with Crippen LogP contribution in [0.3, 0.4) is 0 Å². The largest absolute Gasteiger partial charge is 0.433 e. The first-order valence-electron chi connectivity index (χ1n) is 5.77. The van der Waals surface area contributed by atoms with Crippen LogP contribution in [0.4, 0.5) is 18.9 Å². The van der Waals surface area contributed by atoms with Crippen LogP contribution in [0, 0.1) is 6.92 Å². The highest BCUT2D eigenvalue weighted by Gasteiger charge is 2.35. The van der Waals surface area contributed by atoms with Gasteiger partial charge in [0.2, 0.25) is 0 Å². The van der Waals surface area contributed by atoms with E-state index in [4.69, 9.17) is 0 Å². The van der Waals surface area contributed by atoms with Gasteiger partial charge in [-0.3, -0.25) is 9.48 Å². The number of hydrogen-bond donors (Lipinski definition) is 1. The molecule has 1 amide bonds. The monoisotopic (exact) mass is 283 g/mol. The average molecular weight is 283 g/mol. The van der Waals surface area contributed by atoms with E-state index in [0.29, 0.717) is 10.4 Å². The van der Waals surface area contributed by atoms with Gasteiger partial charge in [0.1, 0.15) is 5.69 Å². The Morgan fingerprint density at radius 1 is 1.30 bits per heavy atom. The molecule has 0 aliphatic heterocycles. The Hall–Kier alpha value is -2.31. The molecular formula is C13H12F3N3O. The van der Waals surface area contributed by atoms with Crippen molar-refractivity contribution in [3.8, 4) is 0 Å². The van der Waals surface area contributed by atoms with Crippen molar-refractivity contribution >= 4 is 11.6 Å². The minimum absolute atomic E-state index is 0.275. The van der Waals surface area contributed by atoms with Gasteiger partial charge in [0.15, 0.2) is 5.69 Å². The number of nitrogens with one attached hydrogen (secondary N) is 1. The molecule has 1 aromatic carbocycles. The topological polar surface area (TPSA) is 46.9 Å². The molecule has 0 saturated heterocycles. The standard InChI is InChI=1S/C13H12F3N3O/c1-8-5-3-4-6-9(8)17-12(20)10-7-11(13(14,15)16)19(2)18-10/h3-7H,1-2H3,(H,17,20). The van der Waals surface area contributed by atoms with Gasteiger partial charge in [-0.1, -0.05) is 18.2 Å². The van der Waals surface area contributed by atoms with Gasteiger partial charge in [0.05, 0.1) is 0 Å². The summed E-state index contributed by atoms with van der Waals surface area (Å²) < 4.78 is 38.5. The van der Waals surface area contributed by atoms with Gasteiger partial charge in [-0.2, -0.15) is 18.3 Å². The van der Waals surface area contributed by atoms with Crippen molar-refractivity contribution in [3.63, 3.8) is 0 Å². The second-order valence-corrected chi connectivity index (χ2v) is 4.31. The second-order valence-electron chi connectivity index (χ2n) is 4.31. The van der Waals surface area contributed by atoms with E-state index in [1.54, 1.807) is 31.2 Å². The first-order chi connectivity index (χ1) is 9.29. The highest BCUT2D eigenvalue weighted by atomic mass is 19.4. The van der Waals surface area contributed by atoms with Gasteiger partial charge in [-0.25, -0.2) is 0 Å². The lowest BCUT2D eigenvalue weighted by Gasteiger charge is -2.05. The maximum Gasteiger partial charge on any atom is 0.433 e. The molecule has 106 valence electrons. The van der Waals surface area contributed by atoms with E-state index in [9.17, 15) is 18.0 Å². The van der Waals surface area contributed by atoms with Crippen molar-refractivity contribution in [3.05, 3.63) is 47.3 Å². The number of hydrogen-bond acceptors (Lipinski definition) is 2. The van der Waals surface area contributed by atoms with Crippen molar-refractivity contribution in [2.75, 3.05) is 5.32 Å². The van der Waals surface area contributed by atoms with Crippen LogP contribution in [-0.2, 0) is 13.2 Å². The van der Waals surface area contributed by atoms with Crippen LogP contribution in [0.5, 0.6) is 0 Å². The predicted molar refractivity (Wildman–Crippen MR) is 67.3 cm³/mol. The number of carbonyl (C=O) groups excluding carboxylic acids is 1. The van der Waals surface area contributed by atoms with Crippen LogP contribution in [0.15, 0.2) is 30.3 Å². The van der Waals surface area contributed by atoms with E-state index in [0.717, 1.165) is 18.7 Å². The van der Waals surface area contributed by atoms with Crippen molar-refractivity contribution in [2.45, 2.75) is 13.1 Å². The summed E-state index contributed by atoms with van der Waals surface area (Å²) in [6, 6.07) is 7.71. The molecule has 1 heterocycles. The molecule has 20 heavy (non-hydrogen) atoms. The summed E-state index contributed by atoms with van der Waals surface area (Å²) in [6.07, 6.45) is -4.54. The summed E-state index contributed by atoms with van der Waals surface area (Å²) in [6.45, 7) is 1.79. The summed E-state index contributed by atoms with van der Waals surface area (Å²) in [5, 5.41) is 6.12. The van der Waals surface area contributed by atoms with E-state index in [-0.39, 0.29) is 5.69 Å². The van der Waals surface area contributed by atoms with E-state index in [1.165, 1.54) is 0 Å². The zero-order valence-electron chi connectivity index (χ0n) is 10.8. The Labute approximate surface area is 113 Å². The third-order valence-electron chi connectivity index (χ3n) is 2.80. The fraction of sp³-hybridized carbons (Fsp3) is 0.231. The number of aromatic nitrogens is 2. The molecule has 0 saturated carbocycles. The Morgan fingerprint density at radius 2 is 1.95 bits per heavy atom. The summed E-state index contributed by atoms with van der Waals surface area (Å²) in [7, 11) is 1.15. The fourth-order valence-corrected chi connectivity index (χ4v) is 1.74. The summed E-state index contributed by atoms with van der Waals surface area (Å²) in [4.78, 5) is 11.9. The normalized spacial score (nSPS) is 11.4. The van der Waals surface area contributed by atoms with Crippen molar-refractivity contribution in [1.82, 2.24) is 9.78 Å². The molecule has 0 fully saturated rings. The molecule has 2 rings (SSSR count). The van der Waals surface area contributed by atoms with Gasteiger partial charge in [0, 0.05) is 18.8 Å². The number of alkyl halides is 3. The summed E-state index contributed by atoms with van der Waals surface area (Å²) in [5.41, 5.74) is 0.111. The van der Waals surface area contributed by atoms with Crippen LogP contribution in [-0.4, -0.2) is 15.7 Å². The van der Waals surface area contributed by atoms with Crippen molar-refractivity contribution in [1.29, 1.82) is 0 Å². The smallest absolute Gasteiger partial charge is 0.320 e. The number of para-hydroxylation sites is 1. The maximum atomic E-state index is 12.6. The second kappa shape index (κ2) is 4.99. The van der Waals surface area contributed by atoms with Crippen LogP contribution in [0.25, 0.3) is 0 Å². The fourth-order valence-electron chi connectivity index (χ4n) is 1.74. The Balaban J connectivity index is 2.25. The minimum atomic E-state index is -4.54. The third-order valence-corrected chi connectivity index (χ3v) is 2.80. The molecule has 1 N–H and O–H groups in total. The zero-order chi connectivity index (χ0) is 14.9. The molecule has 7 heteroatoms. The molecule has 0 radical (unpaired) electrons. The van der Waals surface area contributed by atoms with Gasteiger partial charge in [0.25, 0.3) is 5.91 Å². The minimum Gasteiger partial charge on any atom is -0.320 e. The Kier molecular flexibility index (Phi) is 3.52. The molecular weight excluding hydrogens is 271 g/mol. The van der Waals surface area contributed by atoms with Crippen LogP contribution in [0.1, 0.15) is 21.7 Å². The van der Waals surface area contributed by atoms with E-state index >= 15 is 0 Å². The third kappa shape index (κ3) is 2.81. The highest BCUT2D eigenvalue weighted by Crippen LogP contribution is 2.29. The molecule has 1 aromatic heterocycles. The molecule has 0 unspecified atom stereocenters. The lowest BCUT2D eigenvalue weighted by atomic mass is 10.2. The SMILES string of the molecule is Cc1ccccc1NC(=O)c1cc(C(F)(F)F)n(C)n1. The molecule has 0 aliphatic carbocycles. The van der Waals surface area contributed by atoms with Crippen molar-refractivity contribution in [2.24, 2.45) is 7.05 Å². The zero-order valence-corrected chi connectivity index (χ0v) is 10.8. The van der Waals surface area contributed by atoms with E-state index in [1.807, 2.05) is 0 Å². The molecule has 0 atom stereocenters. The summed E-state index contributed by atoms with van der Waals surface area (Å²) in [5.74, 6) is -0.676. The van der Waals surface area contributed by atoms with Gasteiger partial charge in [-0.05, 0) is 18.6 Å². The molecule has 0 spiro atoms. The van der Waals surface area contributed by atoms with Gasteiger partial charge in [-0.15, -0.1) is 0 Å². The number of carbonyl (C=O) groups is 1. The number of nitrogens with zero attached hydrogens (tertiary/aromatic N) is 2. The molecule has 4 nitrogen and oxygen atoms in total. The van der Waals surface area contributed by atoms with Crippen molar-refractivity contribution < 1.29 is 18.0 Å². The molecule has 0 aliphatic rings. The predicted octanol–water partition coefficient (Wildman–Crippen LogP) is 3.00. The molecule has 0 bridgehead atoms. The highest BCUT2D eigenvalue weighted by molar-refractivity contribution is 6.03. The van der Waals surface area contributed by atoms with E-state index in [2.05, 4.69) is 10.4 Å². The van der Waals surface area contributed by atoms with Crippen LogP contribution in [0.2, 0.25) is 0 Å². The van der Waals surface area contributed by atoms with E-state index < -0.39 is 17.8 Å². The Bertz CT molecular complexity index is 647. The number of amides is 1. The lowest BCUT2D eigenvalue weighted by Crippen LogP contribution is -2.13.